The van der Waals surface area contributed by atoms with Crippen LogP contribution in [0.4, 0.5) is 0 Å². The maximum atomic E-state index is 5.28. The second-order valence-electron chi connectivity index (χ2n) is 15.0. The molecule has 8 heteroatoms. The van der Waals surface area contributed by atoms with Gasteiger partial charge in [-0.25, -0.2) is 34.9 Å². The van der Waals surface area contributed by atoms with Gasteiger partial charge in [0.2, 0.25) is 0 Å². The lowest BCUT2D eigenvalue weighted by molar-refractivity contribution is 1.07. The van der Waals surface area contributed by atoms with Crippen molar-refractivity contribution in [1.82, 2.24) is 39.5 Å². The Morgan fingerprint density at radius 1 is 0.254 bits per heavy atom. The standard InChI is InChI=1S/C55H36N8/c1-6-20-37(21-7-1)49-57-50(38-22-8-2-9-23-38)60-53(59-49)42-34-41(35-43(36-42)54-61-51(39-24-10-3-11-25-39)58-52(62-54)40-26-12-4-13-27-40)45-30-16-17-31-46(45)55-56-47-32-18-19-33-48(47)63(55)44-28-14-5-15-29-44/h1-36H. The molecule has 0 aliphatic heterocycles. The molecule has 0 spiro atoms. The molecule has 3 aromatic heterocycles. The number of nitrogens with zero attached hydrogens (tertiary/aromatic N) is 8. The third kappa shape index (κ3) is 7.42. The zero-order valence-electron chi connectivity index (χ0n) is 33.9. The average molecular weight is 809 g/mol. The largest absolute Gasteiger partial charge is 0.292 e. The quantitative estimate of drug-likeness (QED) is 0.143. The molecule has 8 nitrogen and oxygen atoms in total. The van der Waals surface area contributed by atoms with Crippen molar-refractivity contribution in [2.75, 3.05) is 0 Å². The molecule has 0 radical (unpaired) electrons. The molecule has 0 unspecified atom stereocenters. The van der Waals surface area contributed by atoms with Crippen LogP contribution in [-0.4, -0.2) is 39.5 Å². The summed E-state index contributed by atoms with van der Waals surface area (Å²) in [7, 11) is 0. The van der Waals surface area contributed by atoms with Crippen LogP contribution in [0.2, 0.25) is 0 Å². The van der Waals surface area contributed by atoms with Gasteiger partial charge in [0.15, 0.2) is 34.9 Å². The number of benzene rings is 8. The molecule has 0 N–H and O–H groups in total. The highest BCUT2D eigenvalue weighted by Crippen LogP contribution is 2.39. The molecule has 0 aliphatic carbocycles. The number of rotatable bonds is 9. The number of para-hydroxylation sites is 3. The molecule has 0 aliphatic rings. The molecule has 11 aromatic rings. The third-order valence-electron chi connectivity index (χ3n) is 10.9. The van der Waals surface area contributed by atoms with E-state index in [0.29, 0.717) is 34.9 Å². The Kier molecular flexibility index (Phi) is 9.68. The molecule has 8 aromatic carbocycles. The molecule has 296 valence electrons. The Morgan fingerprint density at radius 3 is 1.03 bits per heavy atom. The second-order valence-corrected chi connectivity index (χ2v) is 15.0. The average Bonchev–Trinajstić information content (AvgIpc) is 3.77. The zero-order chi connectivity index (χ0) is 42.0. The number of hydrogen-bond donors (Lipinski definition) is 0. The molecule has 63 heavy (non-hydrogen) atoms. The van der Waals surface area contributed by atoms with Crippen LogP contribution in [-0.2, 0) is 0 Å². The van der Waals surface area contributed by atoms with Gasteiger partial charge in [0.05, 0.1) is 11.0 Å². The number of imidazole rings is 1. The lowest BCUT2D eigenvalue weighted by atomic mass is 9.94. The van der Waals surface area contributed by atoms with E-state index in [1.165, 1.54) is 0 Å². The van der Waals surface area contributed by atoms with Crippen LogP contribution in [0.3, 0.4) is 0 Å². The van der Waals surface area contributed by atoms with Crippen molar-refractivity contribution in [2.45, 2.75) is 0 Å². The first-order valence-corrected chi connectivity index (χ1v) is 20.7. The van der Waals surface area contributed by atoms with Crippen LogP contribution in [0.15, 0.2) is 218 Å². The van der Waals surface area contributed by atoms with Crippen LogP contribution in [0.5, 0.6) is 0 Å². The van der Waals surface area contributed by atoms with Gasteiger partial charge in [-0.05, 0) is 53.6 Å². The summed E-state index contributed by atoms with van der Waals surface area (Å²) >= 11 is 0. The second kappa shape index (κ2) is 16.4. The monoisotopic (exact) mass is 808 g/mol. The Hall–Kier alpha value is -8.75. The zero-order valence-corrected chi connectivity index (χ0v) is 33.9. The fourth-order valence-corrected chi connectivity index (χ4v) is 7.89. The summed E-state index contributed by atoms with van der Waals surface area (Å²) in [4.78, 5) is 36.0. The minimum absolute atomic E-state index is 0.514. The first-order chi connectivity index (χ1) is 31.2. The van der Waals surface area contributed by atoms with E-state index in [-0.39, 0.29) is 0 Å². The molecule has 0 amide bonds. The first kappa shape index (κ1) is 37.3. The molecule has 0 bridgehead atoms. The molecule has 3 heterocycles. The summed E-state index contributed by atoms with van der Waals surface area (Å²) in [5.74, 6) is 4.13. The van der Waals surface area contributed by atoms with E-state index in [9.17, 15) is 0 Å². The van der Waals surface area contributed by atoms with Crippen molar-refractivity contribution in [3.05, 3.63) is 218 Å². The van der Waals surface area contributed by atoms with Crippen LogP contribution < -0.4 is 0 Å². The summed E-state index contributed by atoms with van der Waals surface area (Å²) in [5.41, 5.74) is 10.9. The van der Waals surface area contributed by atoms with Gasteiger partial charge in [0, 0.05) is 44.6 Å². The van der Waals surface area contributed by atoms with E-state index in [2.05, 4.69) is 89.5 Å². The molecule has 0 saturated heterocycles. The van der Waals surface area contributed by atoms with Crippen molar-refractivity contribution in [3.63, 3.8) is 0 Å². The van der Waals surface area contributed by atoms with Crippen molar-refractivity contribution >= 4 is 11.0 Å². The Balaban J connectivity index is 1.18. The van der Waals surface area contributed by atoms with Crippen LogP contribution in [0, 0.1) is 0 Å². The van der Waals surface area contributed by atoms with Crippen molar-refractivity contribution in [2.24, 2.45) is 0 Å². The van der Waals surface area contributed by atoms with E-state index in [0.717, 1.165) is 72.6 Å². The van der Waals surface area contributed by atoms with Gasteiger partial charge in [-0.15, -0.1) is 0 Å². The molecular formula is C55H36N8. The highest BCUT2D eigenvalue weighted by Gasteiger charge is 2.21. The minimum Gasteiger partial charge on any atom is -0.292 e. The Bertz CT molecular complexity index is 3110. The molecule has 0 atom stereocenters. The summed E-state index contributed by atoms with van der Waals surface area (Å²) in [6.45, 7) is 0. The number of aromatic nitrogens is 8. The van der Waals surface area contributed by atoms with Gasteiger partial charge in [-0.3, -0.25) is 4.57 Å². The highest BCUT2D eigenvalue weighted by atomic mass is 15.1. The van der Waals surface area contributed by atoms with Crippen LogP contribution in [0.1, 0.15) is 0 Å². The van der Waals surface area contributed by atoms with Gasteiger partial charge >= 0.3 is 0 Å². The normalized spacial score (nSPS) is 11.2. The van der Waals surface area contributed by atoms with Crippen molar-refractivity contribution < 1.29 is 0 Å². The lowest BCUT2D eigenvalue weighted by Gasteiger charge is -2.16. The predicted octanol–water partition coefficient (Wildman–Crippen LogP) is 12.7. The lowest BCUT2D eigenvalue weighted by Crippen LogP contribution is -2.02. The molecule has 0 fully saturated rings. The molecular weight excluding hydrogens is 773 g/mol. The molecule has 0 saturated carbocycles. The summed E-state index contributed by atoms with van der Waals surface area (Å²) in [6, 6.07) is 73.5. The molecule has 11 rings (SSSR count). The van der Waals surface area contributed by atoms with Gasteiger partial charge in [0.1, 0.15) is 5.82 Å². The maximum Gasteiger partial charge on any atom is 0.164 e. The Labute approximate surface area is 364 Å². The van der Waals surface area contributed by atoms with E-state index in [1.807, 2.05) is 133 Å². The SMILES string of the molecule is c1ccc(-c2nc(-c3ccccc3)nc(-c3cc(-c4nc(-c5ccccc5)nc(-c5ccccc5)n4)cc(-c4ccccc4-c4nc5ccccc5n4-c4ccccc4)c3)n2)cc1. The van der Waals surface area contributed by atoms with E-state index >= 15 is 0 Å². The van der Waals surface area contributed by atoms with Gasteiger partial charge in [-0.2, -0.15) is 0 Å². The van der Waals surface area contributed by atoms with Crippen LogP contribution >= 0.6 is 0 Å². The highest BCUT2D eigenvalue weighted by molar-refractivity contribution is 5.90. The minimum atomic E-state index is 0.514. The first-order valence-electron chi connectivity index (χ1n) is 20.7. The van der Waals surface area contributed by atoms with Gasteiger partial charge < -0.3 is 0 Å². The van der Waals surface area contributed by atoms with Gasteiger partial charge in [0.25, 0.3) is 0 Å². The van der Waals surface area contributed by atoms with Gasteiger partial charge in [-0.1, -0.05) is 176 Å². The summed E-state index contributed by atoms with van der Waals surface area (Å²) in [5, 5.41) is 0. The van der Waals surface area contributed by atoms with E-state index in [4.69, 9.17) is 34.9 Å². The maximum absolute atomic E-state index is 5.28. The topological polar surface area (TPSA) is 95.2 Å². The Morgan fingerprint density at radius 2 is 0.587 bits per heavy atom. The van der Waals surface area contributed by atoms with Crippen molar-refractivity contribution in [3.8, 4) is 96.5 Å². The smallest absolute Gasteiger partial charge is 0.164 e. The summed E-state index contributed by atoms with van der Waals surface area (Å²) in [6.07, 6.45) is 0. The predicted molar refractivity (Wildman–Crippen MR) is 251 cm³/mol. The fraction of sp³-hybridized carbons (Fsp3) is 0. The number of fused-ring (bicyclic) bond motifs is 1. The van der Waals surface area contributed by atoms with E-state index in [1.54, 1.807) is 0 Å². The van der Waals surface area contributed by atoms with Crippen molar-refractivity contribution in [1.29, 1.82) is 0 Å². The summed E-state index contributed by atoms with van der Waals surface area (Å²) < 4.78 is 2.23. The fourth-order valence-electron chi connectivity index (χ4n) is 7.89. The number of hydrogen-bond acceptors (Lipinski definition) is 7. The van der Waals surface area contributed by atoms with E-state index < -0.39 is 0 Å². The van der Waals surface area contributed by atoms with Crippen LogP contribution in [0.25, 0.3) is 108 Å². The third-order valence-corrected chi connectivity index (χ3v) is 10.9.